The van der Waals surface area contributed by atoms with E-state index in [2.05, 4.69) is 5.32 Å². The predicted molar refractivity (Wildman–Crippen MR) is 116 cm³/mol. The molecule has 1 heterocycles. The normalized spacial score (nSPS) is 15.8. The maximum absolute atomic E-state index is 12.7. The first-order valence-corrected chi connectivity index (χ1v) is 10.0. The van der Waals surface area contributed by atoms with Gasteiger partial charge in [0.1, 0.15) is 11.5 Å². The predicted octanol–water partition coefficient (Wildman–Crippen LogP) is 4.77. The van der Waals surface area contributed by atoms with E-state index in [0.717, 1.165) is 16.9 Å². The third-order valence-electron chi connectivity index (χ3n) is 5.15. The molecule has 0 spiro atoms. The van der Waals surface area contributed by atoms with Crippen LogP contribution in [0, 0.1) is 12.8 Å². The molecule has 0 bridgehead atoms. The first-order valence-electron chi connectivity index (χ1n) is 10.0. The molecule has 0 unspecified atom stereocenters. The lowest BCUT2D eigenvalue weighted by atomic mass is 10.1. The van der Waals surface area contributed by atoms with E-state index in [4.69, 9.17) is 4.74 Å². The van der Waals surface area contributed by atoms with Crippen molar-refractivity contribution in [3.8, 4) is 11.5 Å². The average Bonchev–Trinajstić information content (AvgIpc) is 3.11. The summed E-state index contributed by atoms with van der Waals surface area (Å²) in [5, 5.41) is 2.92. The summed E-state index contributed by atoms with van der Waals surface area (Å²) in [5.41, 5.74) is 2.88. The zero-order valence-electron chi connectivity index (χ0n) is 16.9. The van der Waals surface area contributed by atoms with Gasteiger partial charge in [0.2, 0.25) is 11.8 Å². The molecule has 0 saturated carbocycles. The number of aryl methyl sites for hydroxylation is 1. The van der Waals surface area contributed by atoms with Crippen molar-refractivity contribution in [2.75, 3.05) is 11.9 Å². The molecule has 30 heavy (non-hydrogen) atoms. The molecule has 5 heteroatoms. The number of amides is 2. The highest BCUT2D eigenvalue weighted by atomic mass is 16.5. The summed E-state index contributed by atoms with van der Waals surface area (Å²) < 4.78 is 5.84. The van der Waals surface area contributed by atoms with Gasteiger partial charge < -0.3 is 15.0 Å². The van der Waals surface area contributed by atoms with E-state index in [0.29, 0.717) is 24.5 Å². The van der Waals surface area contributed by atoms with Gasteiger partial charge in [-0.15, -0.1) is 0 Å². The monoisotopic (exact) mass is 400 g/mol. The maximum atomic E-state index is 12.7. The minimum Gasteiger partial charge on any atom is -0.457 e. The van der Waals surface area contributed by atoms with Crippen molar-refractivity contribution in [2.24, 2.45) is 5.92 Å². The molecule has 1 aliphatic heterocycles. The molecule has 0 aromatic heterocycles. The average molecular weight is 400 g/mol. The molecule has 1 aliphatic rings. The molecule has 0 aliphatic carbocycles. The number of likely N-dealkylation sites (tertiary alicyclic amines) is 1. The fourth-order valence-corrected chi connectivity index (χ4v) is 3.57. The first-order chi connectivity index (χ1) is 14.6. The number of nitrogens with zero attached hydrogens (tertiary/aromatic N) is 1. The van der Waals surface area contributed by atoms with Crippen LogP contribution in [0.15, 0.2) is 78.9 Å². The number of ether oxygens (including phenoxy) is 1. The third-order valence-corrected chi connectivity index (χ3v) is 5.15. The Hall–Kier alpha value is -3.60. The summed E-state index contributed by atoms with van der Waals surface area (Å²) in [6, 6.07) is 24.9. The zero-order chi connectivity index (χ0) is 20.9. The van der Waals surface area contributed by atoms with Crippen LogP contribution in [0.3, 0.4) is 0 Å². The van der Waals surface area contributed by atoms with Crippen molar-refractivity contribution in [1.82, 2.24) is 4.90 Å². The summed E-state index contributed by atoms with van der Waals surface area (Å²) in [6.45, 7) is 2.99. The van der Waals surface area contributed by atoms with E-state index in [1.54, 1.807) is 4.90 Å². The molecular formula is C25H24N2O3. The van der Waals surface area contributed by atoms with Crippen molar-refractivity contribution >= 4 is 17.5 Å². The van der Waals surface area contributed by atoms with Gasteiger partial charge in [-0.25, -0.2) is 0 Å². The van der Waals surface area contributed by atoms with E-state index in [1.807, 2.05) is 85.8 Å². The Morgan fingerprint density at radius 2 is 1.77 bits per heavy atom. The van der Waals surface area contributed by atoms with E-state index in [9.17, 15) is 9.59 Å². The van der Waals surface area contributed by atoms with Crippen molar-refractivity contribution < 1.29 is 14.3 Å². The Morgan fingerprint density at radius 1 is 1.00 bits per heavy atom. The summed E-state index contributed by atoms with van der Waals surface area (Å²) in [5.74, 6) is 1.01. The standard InChI is InChI=1S/C25H24N2O3/c1-18-6-5-9-23(14-18)30-22-12-10-21(11-13-22)26-25(29)20-15-24(28)27(17-20)16-19-7-3-2-4-8-19/h2-14,20H,15-17H2,1H3,(H,26,29)/t20-/m1/s1. The number of hydrogen-bond donors (Lipinski definition) is 1. The molecule has 1 N–H and O–H groups in total. The van der Waals surface area contributed by atoms with E-state index >= 15 is 0 Å². The summed E-state index contributed by atoms with van der Waals surface area (Å²) in [4.78, 5) is 26.7. The molecule has 1 saturated heterocycles. The minimum atomic E-state index is -0.343. The van der Waals surface area contributed by atoms with Gasteiger partial charge in [-0.05, 0) is 54.4 Å². The molecule has 0 radical (unpaired) electrons. The number of nitrogens with one attached hydrogen (secondary N) is 1. The second-order valence-electron chi connectivity index (χ2n) is 7.59. The first kappa shape index (κ1) is 19.7. The lowest BCUT2D eigenvalue weighted by Crippen LogP contribution is -2.28. The van der Waals surface area contributed by atoms with Gasteiger partial charge >= 0.3 is 0 Å². The van der Waals surface area contributed by atoms with Crippen LogP contribution in [0.2, 0.25) is 0 Å². The number of anilines is 1. The number of hydrogen-bond acceptors (Lipinski definition) is 3. The lowest BCUT2D eigenvalue weighted by molar-refractivity contribution is -0.128. The summed E-state index contributed by atoms with van der Waals surface area (Å²) >= 11 is 0. The Kier molecular flexibility index (Phi) is 5.80. The Morgan fingerprint density at radius 3 is 2.50 bits per heavy atom. The van der Waals surface area contributed by atoms with E-state index in [-0.39, 0.29) is 24.2 Å². The van der Waals surface area contributed by atoms with Crippen molar-refractivity contribution in [3.63, 3.8) is 0 Å². The van der Waals surface area contributed by atoms with Gasteiger partial charge in [0.25, 0.3) is 0 Å². The Balaban J connectivity index is 1.33. The number of rotatable bonds is 6. The largest absolute Gasteiger partial charge is 0.457 e. The van der Waals surface area contributed by atoms with E-state index in [1.165, 1.54) is 0 Å². The number of carbonyl (C=O) groups is 2. The Bertz CT molecular complexity index is 1030. The van der Waals surface area contributed by atoms with Crippen LogP contribution in [-0.4, -0.2) is 23.3 Å². The van der Waals surface area contributed by atoms with Gasteiger partial charge in [0, 0.05) is 25.2 Å². The zero-order valence-corrected chi connectivity index (χ0v) is 16.9. The topological polar surface area (TPSA) is 58.6 Å². The summed E-state index contributed by atoms with van der Waals surface area (Å²) in [6.07, 6.45) is 0.243. The minimum absolute atomic E-state index is 0.0147. The molecule has 1 atom stereocenters. The summed E-state index contributed by atoms with van der Waals surface area (Å²) in [7, 11) is 0. The molecule has 3 aromatic rings. The molecule has 152 valence electrons. The van der Waals surface area contributed by atoms with Crippen LogP contribution >= 0.6 is 0 Å². The van der Waals surface area contributed by atoms with Gasteiger partial charge in [-0.3, -0.25) is 9.59 Å². The third kappa shape index (κ3) is 4.87. The van der Waals surface area contributed by atoms with Crippen molar-refractivity contribution in [3.05, 3.63) is 90.0 Å². The van der Waals surface area contributed by atoms with Gasteiger partial charge in [0.05, 0.1) is 5.92 Å². The lowest BCUT2D eigenvalue weighted by Gasteiger charge is -2.16. The van der Waals surface area contributed by atoms with Crippen molar-refractivity contribution in [1.29, 1.82) is 0 Å². The van der Waals surface area contributed by atoms with Crippen LogP contribution in [0.4, 0.5) is 5.69 Å². The van der Waals surface area contributed by atoms with Crippen LogP contribution in [0.25, 0.3) is 0 Å². The van der Waals surface area contributed by atoms with Crippen LogP contribution in [-0.2, 0) is 16.1 Å². The molecule has 5 nitrogen and oxygen atoms in total. The SMILES string of the molecule is Cc1cccc(Oc2ccc(NC(=O)[C@@H]3CC(=O)N(Cc4ccccc4)C3)cc2)c1. The number of benzene rings is 3. The number of carbonyl (C=O) groups excluding carboxylic acids is 2. The van der Waals surface area contributed by atoms with Gasteiger partial charge in [-0.2, -0.15) is 0 Å². The van der Waals surface area contributed by atoms with Crippen LogP contribution < -0.4 is 10.1 Å². The molecule has 1 fully saturated rings. The van der Waals surface area contributed by atoms with E-state index < -0.39 is 0 Å². The fourth-order valence-electron chi connectivity index (χ4n) is 3.57. The van der Waals surface area contributed by atoms with Crippen LogP contribution in [0.1, 0.15) is 17.5 Å². The molecule has 2 amide bonds. The molecular weight excluding hydrogens is 376 g/mol. The highest BCUT2D eigenvalue weighted by Crippen LogP contribution is 2.25. The van der Waals surface area contributed by atoms with Gasteiger partial charge in [-0.1, -0.05) is 42.5 Å². The fraction of sp³-hybridized carbons (Fsp3) is 0.200. The molecule has 4 rings (SSSR count). The van der Waals surface area contributed by atoms with Crippen LogP contribution in [0.5, 0.6) is 11.5 Å². The van der Waals surface area contributed by atoms with Gasteiger partial charge in [0.15, 0.2) is 0 Å². The second-order valence-corrected chi connectivity index (χ2v) is 7.59. The highest BCUT2D eigenvalue weighted by Gasteiger charge is 2.34. The highest BCUT2D eigenvalue weighted by molar-refractivity contribution is 5.97. The molecule has 3 aromatic carbocycles. The second kappa shape index (κ2) is 8.82. The smallest absolute Gasteiger partial charge is 0.229 e. The maximum Gasteiger partial charge on any atom is 0.229 e. The Labute approximate surface area is 176 Å². The quantitative estimate of drug-likeness (QED) is 0.648. The van der Waals surface area contributed by atoms with Crippen molar-refractivity contribution in [2.45, 2.75) is 19.9 Å².